The molecule has 4 heteroatoms. The molecule has 1 aromatic rings. The lowest BCUT2D eigenvalue weighted by atomic mass is 10.1. The van der Waals surface area contributed by atoms with E-state index < -0.39 is 0 Å². The Kier molecular flexibility index (Phi) is 5.93. The van der Waals surface area contributed by atoms with Crippen LogP contribution in [0, 0.1) is 5.92 Å². The fraction of sp³-hybridized carbons (Fsp3) is 0.643. The molecule has 1 amide bonds. The summed E-state index contributed by atoms with van der Waals surface area (Å²) in [6.07, 6.45) is 1.94. The molecule has 0 saturated carbocycles. The first-order chi connectivity index (χ1) is 8.49. The van der Waals surface area contributed by atoms with E-state index in [0.29, 0.717) is 16.3 Å². The highest BCUT2D eigenvalue weighted by atomic mass is 79.9. The largest absolute Gasteiger partial charge is 0.444 e. The Bertz CT molecular complexity index is 383. The van der Waals surface area contributed by atoms with E-state index in [1.165, 1.54) is 0 Å². The average molecular weight is 316 g/mol. The summed E-state index contributed by atoms with van der Waals surface area (Å²) < 4.78 is 5.97. The quantitative estimate of drug-likeness (QED) is 0.783. The van der Waals surface area contributed by atoms with Crippen LogP contribution in [0.4, 0.5) is 0 Å². The van der Waals surface area contributed by atoms with Gasteiger partial charge in [0.05, 0.1) is 0 Å². The first-order valence-electron chi connectivity index (χ1n) is 6.55. The Morgan fingerprint density at radius 2 is 1.94 bits per heavy atom. The van der Waals surface area contributed by atoms with Crippen LogP contribution in [0.3, 0.4) is 0 Å². The van der Waals surface area contributed by atoms with Gasteiger partial charge in [0.15, 0.2) is 10.4 Å². The van der Waals surface area contributed by atoms with E-state index in [4.69, 9.17) is 4.42 Å². The monoisotopic (exact) mass is 315 g/mol. The van der Waals surface area contributed by atoms with Gasteiger partial charge >= 0.3 is 0 Å². The van der Waals surface area contributed by atoms with E-state index in [2.05, 4.69) is 43.6 Å². The highest BCUT2D eigenvalue weighted by molar-refractivity contribution is 9.10. The molecule has 0 unspecified atom stereocenters. The molecule has 102 valence electrons. The second kappa shape index (κ2) is 6.98. The van der Waals surface area contributed by atoms with Gasteiger partial charge in [-0.1, -0.05) is 27.7 Å². The van der Waals surface area contributed by atoms with E-state index >= 15 is 0 Å². The molecule has 3 nitrogen and oxygen atoms in total. The number of halogens is 1. The highest BCUT2D eigenvalue weighted by Crippen LogP contribution is 2.19. The van der Waals surface area contributed by atoms with E-state index in [0.717, 1.165) is 19.4 Å². The van der Waals surface area contributed by atoms with Gasteiger partial charge in [0, 0.05) is 12.6 Å². The molecular formula is C14H22BrNO2. The van der Waals surface area contributed by atoms with Gasteiger partial charge < -0.3 is 9.32 Å². The lowest BCUT2D eigenvalue weighted by molar-refractivity contribution is 0.0606. The van der Waals surface area contributed by atoms with Crippen molar-refractivity contribution in [3.8, 4) is 0 Å². The minimum atomic E-state index is -0.0110. The Labute approximate surface area is 118 Å². The number of furan rings is 1. The zero-order chi connectivity index (χ0) is 13.7. The lowest BCUT2D eigenvalue weighted by Gasteiger charge is -2.31. The second-order valence-corrected chi connectivity index (χ2v) is 5.71. The van der Waals surface area contributed by atoms with Crippen molar-refractivity contribution in [2.75, 3.05) is 6.54 Å². The number of hydrogen-bond acceptors (Lipinski definition) is 2. The normalized spacial score (nSPS) is 11.3. The van der Waals surface area contributed by atoms with Crippen LogP contribution in [0.15, 0.2) is 21.2 Å². The van der Waals surface area contributed by atoms with Crippen molar-refractivity contribution in [1.29, 1.82) is 0 Å². The summed E-state index contributed by atoms with van der Waals surface area (Å²) in [4.78, 5) is 14.4. The van der Waals surface area contributed by atoms with E-state index in [1.807, 2.05) is 4.90 Å². The standard InChI is InChI=1S/C14H22BrNO2/c1-5-11(6-2)16(9-10(3)4)14(17)12-7-8-13(15)18-12/h7-8,10-11H,5-6,9H2,1-4H3. The van der Waals surface area contributed by atoms with Gasteiger partial charge in [-0.3, -0.25) is 4.79 Å². The summed E-state index contributed by atoms with van der Waals surface area (Å²) in [5.41, 5.74) is 0. The zero-order valence-electron chi connectivity index (χ0n) is 11.6. The summed E-state index contributed by atoms with van der Waals surface area (Å²) in [7, 11) is 0. The first kappa shape index (κ1) is 15.3. The van der Waals surface area contributed by atoms with Crippen LogP contribution in [-0.2, 0) is 0 Å². The molecule has 0 saturated heterocycles. The lowest BCUT2D eigenvalue weighted by Crippen LogP contribution is -2.41. The van der Waals surface area contributed by atoms with Crippen LogP contribution in [0.1, 0.15) is 51.1 Å². The maximum absolute atomic E-state index is 12.5. The van der Waals surface area contributed by atoms with Crippen molar-refractivity contribution < 1.29 is 9.21 Å². The van der Waals surface area contributed by atoms with Crippen LogP contribution in [0.25, 0.3) is 0 Å². The Balaban J connectivity index is 2.91. The minimum absolute atomic E-state index is 0.0110. The van der Waals surface area contributed by atoms with Gasteiger partial charge in [0.2, 0.25) is 0 Å². The number of amides is 1. The van der Waals surface area contributed by atoms with Crippen LogP contribution in [0.5, 0.6) is 0 Å². The summed E-state index contributed by atoms with van der Waals surface area (Å²) in [6.45, 7) is 9.25. The molecule has 0 radical (unpaired) electrons. The summed E-state index contributed by atoms with van der Waals surface area (Å²) in [6, 6.07) is 3.76. The van der Waals surface area contributed by atoms with Crippen molar-refractivity contribution in [2.24, 2.45) is 5.92 Å². The number of carbonyl (C=O) groups is 1. The summed E-state index contributed by atoms with van der Waals surface area (Å²) in [5, 5.41) is 0. The molecule has 1 rings (SSSR count). The van der Waals surface area contributed by atoms with Crippen LogP contribution >= 0.6 is 15.9 Å². The third kappa shape index (κ3) is 3.87. The van der Waals surface area contributed by atoms with E-state index in [-0.39, 0.29) is 11.9 Å². The first-order valence-corrected chi connectivity index (χ1v) is 7.35. The number of rotatable bonds is 6. The summed E-state index contributed by atoms with van der Waals surface area (Å²) in [5.74, 6) is 0.852. The zero-order valence-corrected chi connectivity index (χ0v) is 13.2. The molecule has 1 aromatic heterocycles. The molecule has 0 aliphatic heterocycles. The second-order valence-electron chi connectivity index (χ2n) is 4.93. The molecule has 0 N–H and O–H groups in total. The van der Waals surface area contributed by atoms with Crippen molar-refractivity contribution in [3.63, 3.8) is 0 Å². The third-order valence-electron chi connectivity index (χ3n) is 2.99. The van der Waals surface area contributed by atoms with Crippen LogP contribution in [-0.4, -0.2) is 23.4 Å². The molecule has 0 bridgehead atoms. The highest BCUT2D eigenvalue weighted by Gasteiger charge is 2.25. The Morgan fingerprint density at radius 3 is 2.33 bits per heavy atom. The van der Waals surface area contributed by atoms with Gasteiger partial charge in [-0.2, -0.15) is 0 Å². The number of carbonyl (C=O) groups excluding carboxylic acids is 1. The molecule has 0 spiro atoms. The SMILES string of the molecule is CCC(CC)N(CC(C)C)C(=O)c1ccc(Br)o1. The molecule has 0 aliphatic carbocycles. The molecule has 0 fully saturated rings. The fourth-order valence-electron chi connectivity index (χ4n) is 2.09. The predicted molar refractivity (Wildman–Crippen MR) is 76.7 cm³/mol. The number of hydrogen-bond donors (Lipinski definition) is 0. The molecule has 1 heterocycles. The van der Waals surface area contributed by atoms with Crippen molar-refractivity contribution in [3.05, 3.63) is 22.6 Å². The van der Waals surface area contributed by atoms with Crippen LogP contribution in [0.2, 0.25) is 0 Å². The third-order valence-corrected chi connectivity index (χ3v) is 3.42. The molecule has 0 aromatic carbocycles. The van der Waals surface area contributed by atoms with Crippen molar-refractivity contribution in [1.82, 2.24) is 4.90 Å². The molecular weight excluding hydrogens is 294 g/mol. The summed E-state index contributed by atoms with van der Waals surface area (Å²) >= 11 is 3.23. The Hall–Kier alpha value is -0.770. The Morgan fingerprint density at radius 1 is 1.33 bits per heavy atom. The molecule has 0 aliphatic rings. The maximum Gasteiger partial charge on any atom is 0.289 e. The van der Waals surface area contributed by atoms with Crippen LogP contribution < -0.4 is 0 Å². The smallest absolute Gasteiger partial charge is 0.289 e. The molecule has 0 atom stereocenters. The van der Waals surface area contributed by atoms with E-state index in [9.17, 15) is 4.79 Å². The van der Waals surface area contributed by atoms with Gasteiger partial charge in [-0.25, -0.2) is 0 Å². The predicted octanol–water partition coefficient (Wildman–Crippen LogP) is 4.33. The minimum Gasteiger partial charge on any atom is -0.444 e. The fourth-order valence-corrected chi connectivity index (χ4v) is 2.40. The van der Waals surface area contributed by atoms with Gasteiger partial charge in [-0.05, 0) is 46.8 Å². The van der Waals surface area contributed by atoms with Crippen molar-refractivity contribution >= 4 is 21.8 Å². The number of nitrogens with zero attached hydrogens (tertiary/aromatic N) is 1. The van der Waals surface area contributed by atoms with E-state index in [1.54, 1.807) is 12.1 Å². The average Bonchev–Trinajstić information content (AvgIpc) is 2.74. The molecule has 18 heavy (non-hydrogen) atoms. The van der Waals surface area contributed by atoms with Crippen molar-refractivity contribution in [2.45, 2.75) is 46.6 Å². The van der Waals surface area contributed by atoms with Gasteiger partial charge in [0.25, 0.3) is 5.91 Å². The topological polar surface area (TPSA) is 33.5 Å². The van der Waals surface area contributed by atoms with Gasteiger partial charge in [-0.15, -0.1) is 0 Å². The maximum atomic E-state index is 12.5. The van der Waals surface area contributed by atoms with Gasteiger partial charge in [0.1, 0.15) is 0 Å².